The zero-order valence-corrected chi connectivity index (χ0v) is 12.2. The highest BCUT2D eigenvalue weighted by Crippen LogP contribution is 2.24. The fourth-order valence-electron chi connectivity index (χ4n) is 2.62. The average Bonchev–Trinajstić information content (AvgIpc) is 2.39. The van der Waals surface area contributed by atoms with Crippen LogP contribution in [0, 0.1) is 5.92 Å². The Morgan fingerprint density at radius 3 is 2.63 bits per heavy atom. The van der Waals surface area contributed by atoms with Gasteiger partial charge in [0.2, 0.25) is 5.91 Å². The van der Waals surface area contributed by atoms with E-state index in [0.717, 1.165) is 31.2 Å². The van der Waals surface area contributed by atoms with Crippen LogP contribution in [0.15, 0.2) is 30.3 Å². The third-order valence-electron chi connectivity index (χ3n) is 3.74. The fourth-order valence-corrected chi connectivity index (χ4v) is 2.62. The Bertz CT molecular complexity index is 396. The summed E-state index contributed by atoms with van der Waals surface area (Å²) in [7, 11) is 0. The Kier molecular flexibility index (Phi) is 6.32. The summed E-state index contributed by atoms with van der Waals surface area (Å²) in [5, 5.41) is 3.09. The molecule has 1 amide bonds. The number of rotatable bonds is 3. The van der Waals surface area contributed by atoms with Gasteiger partial charge in [-0.1, -0.05) is 36.8 Å². The Balaban J connectivity index is 0.00000180. The molecule has 0 saturated heterocycles. The van der Waals surface area contributed by atoms with Crippen LogP contribution in [0.25, 0.3) is 0 Å². The van der Waals surface area contributed by atoms with Crippen LogP contribution in [-0.2, 0) is 4.79 Å². The van der Waals surface area contributed by atoms with Gasteiger partial charge < -0.3 is 11.1 Å². The molecule has 0 spiro atoms. The highest BCUT2D eigenvalue weighted by molar-refractivity contribution is 5.85. The summed E-state index contributed by atoms with van der Waals surface area (Å²) in [6.07, 6.45) is 3.92. The van der Waals surface area contributed by atoms with E-state index < -0.39 is 0 Å². The number of hydrogen-bond donors (Lipinski definition) is 2. The number of amides is 1. The van der Waals surface area contributed by atoms with Crippen molar-refractivity contribution in [2.45, 2.75) is 44.7 Å². The summed E-state index contributed by atoms with van der Waals surface area (Å²) < 4.78 is 0. The summed E-state index contributed by atoms with van der Waals surface area (Å²) >= 11 is 0. The van der Waals surface area contributed by atoms with Gasteiger partial charge in [0.1, 0.15) is 0 Å². The van der Waals surface area contributed by atoms with E-state index in [1.165, 1.54) is 0 Å². The minimum absolute atomic E-state index is 0. The maximum atomic E-state index is 12.2. The standard InChI is InChI=1S/C15H22N2O.ClH/c1-11(12-6-3-2-4-7-12)17-15(18)13-8-5-9-14(16)10-13;/h2-4,6-7,11,13-14H,5,8-10,16H2,1H3,(H,17,18);1H/t11-,13?,14?;/m1./s1. The van der Waals surface area contributed by atoms with Crippen molar-refractivity contribution in [2.75, 3.05) is 0 Å². The maximum absolute atomic E-state index is 12.2. The van der Waals surface area contributed by atoms with Gasteiger partial charge in [-0.15, -0.1) is 12.4 Å². The van der Waals surface area contributed by atoms with Gasteiger partial charge in [-0.3, -0.25) is 4.79 Å². The molecule has 19 heavy (non-hydrogen) atoms. The first-order chi connectivity index (χ1) is 8.66. The van der Waals surface area contributed by atoms with Crippen molar-refractivity contribution < 1.29 is 4.79 Å². The minimum Gasteiger partial charge on any atom is -0.349 e. The number of hydrogen-bond acceptors (Lipinski definition) is 2. The van der Waals surface area contributed by atoms with Crippen molar-refractivity contribution in [2.24, 2.45) is 11.7 Å². The minimum atomic E-state index is 0. The molecule has 1 aliphatic carbocycles. The Hall–Kier alpha value is -1.06. The predicted octanol–water partition coefficient (Wildman–Crippen LogP) is 2.80. The number of carbonyl (C=O) groups is 1. The maximum Gasteiger partial charge on any atom is 0.223 e. The summed E-state index contributed by atoms with van der Waals surface area (Å²) in [6, 6.07) is 10.3. The number of halogens is 1. The molecule has 0 radical (unpaired) electrons. The normalized spacial score (nSPS) is 24.1. The molecule has 3 N–H and O–H groups in total. The molecule has 1 aromatic rings. The molecule has 2 unspecified atom stereocenters. The van der Waals surface area contributed by atoms with Crippen molar-refractivity contribution >= 4 is 18.3 Å². The van der Waals surface area contributed by atoms with Gasteiger partial charge in [0.05, 0.1) is 6.04 Å². The van der Waals surface area contributed by atoms with Crippen molar-refractivity contribution in [1.82, 2.24) is 5.32 Å². The average molecular weight is 283 g/mol. The first kappa shape index (κ1) is 16.0. The third kappa shape index (κ3) is 4.51. The smallest absolute Gasteiger partial charge is 0.223 e. The zero-order chi connectivity index (χ0) is 13.0. The Morgan fingerprint density at radius 1 is 1.32 bits per heavy atom. The van der Waals surface area contributed by atoms with E-state index in [-0.39, 0.29) is 36.3 Å². The van der Waals surface area contributed by atoms with Crippen molar-refractivity contribution in [3.8, 4) is 0 Å². The van der Waals surface area contributed by atoms with Gasteiger partial charge in [0.15, 0.2) is 0 Å². The predicted molar refractivity (Wildman–Crippen MR) is 80.2 cm³/mol. The lowest BCUT2D eigenvalue weighted by Gasteiger charge is -2.27. The van der Waals surface area contributed by atoms with E-state index in [1.54, 1.807) is 0 Å². The largest absolute Gasteiger partial charge is 0.349 e. The fraction of sp³-hybridized carbons (Fsp3) is 0.533. The molecule has 2 rings (SSSR count). The summed E-state index contributed by atoms with van der Waals surface area (Å²) in [6.45, 7) is 2.02. The van der Waals surface area contributed by atoms with Crippen LogP contribution in [0.1, 0.15) is 44.2 Å². The van der Waals surface area contributed by atoms with E-state index in [2.05, 4.69) is 5.32 Å². The Morgan fingerprint density at radius 2 is 2.00 bits per heavy atom. The molecule has 0 heterocycles. The molecule has 3 nitrogen and oxygen atoms in total. The monoisotopic (exact) mass is 282 g/mol. The molecular formula is C15H23ClN2O. The second kappa shape index (κ2) is 7.51. The number of carbonyl (C=O) groups excluding carboxylic acids is 1. The van der Waals surface area contributed by atoms with E-state index in [9.17, 15) is 4.79 Å². The van der Waals surface area contributed by atoms with Crippen molar-refractivity contribution in [3.63, 3.8) is 0 Å². The summed E-state index contributed by atoms with van der Waals surface area (Å²) in [4.78, 5) is 12.2. The summed E-state index contributed by atoms with van der Waals surface area (Å²) in [5.41, 5.74) is 7.07. The SMILES string of the molecule is C[C@@H](NC(=O)C1CCCC(N)C1)c1ccccc1.Cl. The van der Waals surface area contributed by atoms with Gasteiger partial charge in [0, 0.05) is 12.0 Å². The molecule has 0 bridgehead atoms. The quantitative estimate of drug-likeness (QED) is 0.896. The van der Waals surface area contributed by atoms with E-state index in [1.807, 2.05) is 37.3 Å². The summed E-state index contributed by atoms with van der Waals surface area (Å²) in [5.74, 6) is 0.251. The van der Waals surface area contributed by atoms with Crippen LogP contribution >= 0.6 is 12.4 Å². The number of nitrogens with one attached hydrogen (secondary N) is 1. The molecule has 3 atom stereocenters. The first-order valence-corrected chi connectivity index (χ1v) is 6.77. The van der Waals surface area contributed by atoms with Gasteiger partial charge >= 0.3 is 0 Å². The van der Waals surface area contributed by atoms with Crippen molar-refractivity contribution in [1.29, 1.82) is 0 Å². The Labute approximate surface area is 121 Å². The van der Waals surface area contributed by atoms with Crippen LogP contribution < -0.4 is 11.1 Å². The highest BCUT2D eigenvalue weighted by Gasteiger charge is 2.26. The van der Waals surface area contributed by atoms with Crippen LogP contribution in [-0.4, -0.2) is 11.9 Å². The van der Waals surface area contributed by atoms with Crippen molar-refractivity contribution in [3.05, 3.63) is 35.9 Å². The third-order valence-corrected chi connectivity index (χ3v) is 3.74. The topological polar surface area (TPSA) is 55.1 Å². The lowest BCUT2D eigenvalue weighted by Crippen LogP contribution is -2.38. The molecule has 4 heteroatoms. The van der Waals surface area contributed by atoms with Crippen LogP contribution in [0.5, 0.6) is 0 Å². The molecule has 1 aromatic carbocycles. The van der Waals surface area contributed by atoms with Crippen LogP contribution in [0.3, 0.4) is 0 Å². The molecule has 0 aliphatic heterocycles. The van der Waals surface area contributed by atoms with Gasteiger partial charge in [-0.25, -0.2) is 0 Å². The highest BCUT2D eigenvalue weighted by atomic mass is 35.5. The van der Waals surface area contributed by atoms with Gasteiger partial charge in [-0.2, -0.15) is 0 Å². The van der Waals surface area contributed by atoms with E-state index >= 15 is 0 Å². The lowest BCUT2D eigenvalue weighted by atomic mass is 9.85. The van der Waals surface area contributed by atoms with E-state index in [0.29, 0.717) is 0 Å². The second-order valence-electron chi connectivity index (χ2n) is 5.26. The molecule has 106 valence electrons. The molecule has 0 aromatic heterocycles. The molecule has 1 saturated carbocycles. The molecule has 1 aliphatic rings. The van der Waals surface area contributed by atoms with Crippen LogP contribution in [0.4, 0.5) is 0 Å². The zero-order valence-electron chi connectivity index (χ0n) is 11.3. The van der Waals surface area contributed by atoms with Crippen LogP contribution in [0.2, 0.25) is 0 Å². The lowest BCUT2D eigenvalue weighted by molar-refractivity contribution is -0.126. The van der Waals surface area contributed by atoms with Gasteiger partial charge in [-0.05, 0) is 31.7 Å². The molecular weight excluding hydrogens is 260 g/mol. The van der Waals surface area contributed by atoms with E-state index in [4.69, 9.17) is 5.73 Å². The molecule has 1 fully saturated rings. The second-order valence-corrected chi connectivity index (χ2v) is 5.26. The first-order valence-electron chi connectivity index (χ1n) is 6.77. The van der Waals surface area contributed by atoms with Gasteiger partial charge in [0.25, 0.3) is 0 Å². The number of nitrogens with two attached hydrogens (primary N) is 1. The number of benzene rings is 1.